The Labute approximate surface area is 114 Å². The van der Waals surface area contributed by atoms with Gasteiger partial charge in [-0.15, -0.1) is 0 Å². The zero-order valence-electron chi connectivity index (χ0n) is 10.5. The second-order valence-corrected chi connectivity index (χ2v) is 3.97. The zero-order chi connectivity index (χ0) is 14.4. The highest BCUT2D eigenvalue weighted by atomic mass is 16.4. The van der Waals surface area contributed by atoms with Crippen molar-refractivity contribution in [3.63, 3.8) is 0 Å². The first-order valence-electron chi connectivity index (χ1n) is 5.87. The van der Waals surface area contributed by atoms with Gasteiger partial charge in [0, 0.05) is 12.7 Å². The third kappa shape index (κ3) is 3.84. The lowest BCUT2D eigenvalue weighted by atomic mass is 10.2. The number of carboxylic acids is 1. The predicted molar refractivity (Wildman–Crippen MR) is 69.0 cm³/mol. The summed E-state index contributed by atoms with van der Waals surface area (Å²) in [4.78, 5) is 25.9. The van der Waals surface area contributed by atoms with E-state index in [-0.39, 0.29) is 18.3 Å². The summed E-state index contributed by atoms with van der Waals surface area (Å²) in [5.41, 5.74) is 0.680. The largest absolute Gasteiger partial charge is 0.477 e. The average Bonchev–Trinajstić information content (AvgIpc) is 2.96. The molecule has 0 aliphatic heterocycles. The van der Waals surface area contributed by atoms with Crippen molar-refractivity contribution in [2.75, 3.05) is 0 Å². The fourth-order valence-electron chi connectivity index (χ4n) is 1.48. The highest BCUT2D eigenvalue weighted by Gasteiger charge is 2.05. The maximum absolute atomic E-state index is 11.5. The molecule has 0 fully saturated rings. The molecule has 0 spiro atoms. The van der Waals surface area contributed by atoms with Crippen LogP contribution in [0.15, 0.2) is 41.1 Å². The number of hydrogen-bond donors (Lipinski definition) is 3. The molecular weight excluding hydrogens is 262 g/mol. The first-order chi connectivity index (χ1) is 9.65. The van der Waals surface area contributed by atoms with Gasteiger partial charge in [0.1, 0.15) is 11.5 Å². The number of nitrogens with one attached hydrogen (secondary N) is 2. The second kappa shape index (κ2) is 6.37. The van der Waals surface area contributed by atoms with Gasteiger partial charge in [-0.3, -0.25) is 0 Å². The van der Waals surface area contributed by atoms with E-state index in [0.717, 1.165) is 0 Å². The summed E-state index contributed by atoms with van der Waals surface area (Å²) in [7, 11) is 0. The van der Waals surface area contributed by atoms with Crippen LogP contribution in [0.5, 0.6) is 0 Å². The molecule has 0 radical (unpaired) electrons. The average molecular weight is 275 g/mol. The topological polar surface area (TPSA) is 104 Å². The number of urea groups is 1. The summed E-state index contributed by atoms with van der Waals surface area (Å²) >= 11 is 0. The Morgan fingerprint density at radius 2 is 2.00 bits per heavy atom. The van der Waals surface area contributed by atoms with E-state index in [1.807, 2.05) is 0 Å². The molecule has 3 N–H and O–H groups in total. The zero-order valence-corrected chi connectivity index (χ0v) is 10.5. The van der Waals surface area contributed by atoms with Gasteiger partial charge in [0.05, 0.1) is 12.8 Å². The van der Waals surface area contributed by atoms with Crippen LogP contribution < -0.4 is 10.6 Å². The maximum Gasteiger partial charge on any atom is 0.354 e. The quantitative estimate of drug-likeness (QED) is 0.764. The normalized spacial score (nSPS) is 10.0. The lowest BCUT2D eigenvalue weighted by Crippen LogP contribution is -2.34. The highest BCUT2D eigenvalue weighted by molar-refractivity contribution is 5.85. The number of carbonyl (C=O) groups excluding carboxylic acids is 1. The molecule has 0 saturated heterocycles. The number of carboxylic acid groups (broad SMARTS) is 1. The molecule has 0 atom stereocenters. The van der Waals surface area contributed by atoms with Crippen molar-refractivity contribution in [3.05, 3.63) is 53.7 Å². The molecular formula is C13H13N3O4. The van der Waals surface area contributed by atoms with Crippen LogP contribution in [0.2, 0.25) is 0 Å². The lowest BCUT2D eigenvalue weighted by molar-refractivity contribution is 0.0690. The number of furan rings is 1. The number of carbonyl (C=O) groups is 2. The van der Waals surface area contributed by atoms with E-state index < -0.39 is 5.97 Å². The standard InChI is InChI=1S/C13H13N3O4/c17-12(18)11-4-3-9(6-14-11)7-15-13(19)16-8-10-2-1-5-20-10/h1-6H,7-8H2,(H,17,18)(H2,15,16,19). The molecule has 2 aromatic heterocycles. The van der Waals surface area contributed by atoms with Gasteiger partial charge in [-0.05, 0) is 23.8 Å². The van der Waals surface area contributed by atoms with Gasteiger partial charge in [-0.1, -0.05) is 6.07 Å². The molecule has 0 aliphatic carbocycles. The van der Waals surface area contributed by atoms with Crippen LogP contribution >= 0.6 is 0 Å². The molecule has 0 unspecified atom stereocenters. The minimum Gasteiger partial charge on any atom is -0.477 e. The molecule has 0 saturated carbocycles. The first kappa shape index (κ1) is 13.6. The van der Waals surface area contributed by atoms with Gasteiger partial charge in [-0.2, -0.15) is 0 Å². The Morgan fingerprint density at radius 3 is 2.60 bits per heavy atom. The smallest absolute Gasteiger partial charge is 0.354 e. The number of hydrogen-bond acceptors (Lipinski definition) is 4. The van der Waals surface area contributed by atoms with Crippen LogP contribution in [0.1, 0.15) is 21.8 Å². The van der Waals surface area contributed by atoms with Gasteiger partial charge >= 0.3 is 12.0 Å². The van der Waals surface area contributed by atoms with Crippen molar-refractivity contribution in [3.8, 4) is 0 Å². The minimum atomic E-state index is -1.08. The number of pyridine rings is 1. The monoisotopic (exact) mass is 275 g/mol. The van der Waals surface area contributed by atoms with Crippen LogP contribution in [0, 0.1) is 0 Å². The fourth-order valence-corrected chi connectivity index (χ4v) is 1.48. The van der Waals surface area contributed by atoms with Crippen molar-refractivity contribution in [1.82, 2.24) is 15.6 Å². The summed E-state index contributed by atoms with van der Waals surface area (Å²) < 4.78 is 5.07. The Balaban J connectivity index is 1.76. The first-order valence-corrected chi connectivity index (χ1v) is 5.87. The van der Waals surface area contributed by atoms with Crippen LogP contribution in [-0.4, -0.2) is 22.1 Å². The molecule has 0 aromatic carbocycles. The molecule has 2 aromatic rings. The van der Waals surface area contributed by atoms with Gasteiger partial charge in [-0.25, -0.2) is 14.6 Å². The summed E-state index contributed by atoms with van der Waals surface area (Å²) in [6.45, 7) is 0.561. The summed E-state index contributed by atoms with van der Waals surface area (Å²) in [6.07, 6.45) is 2.95. The van der Waals surface area contributed by atoms with E-state index in [1.165, 1.54) is 18.5 Å². The van der Waals surface area contributed by atoms with Crippen LogP contribution in [-0.2, 0) is 13.1 Å². The van der Waals surface area contributed by atoms with Gasteiger partial charge < -0.3 is 20.2 Å². The molecule has 20 heavy (non-hydrogen) atoms. The Morgan fingerprint density at radius 1 is 1.20 bits per heavy atom. The van der Waals surface area contributed by atoms with Gasteiger partial charge in [0.15, 0.2) is 0 Å². The lowest BCUT2D eigenvalue weighted by Gasteiger charge is -2.06. The summed E-state index contributed by atoms with van der Waals surface area (Å²) in [5, 5.41) is 14.0. The number of aromatic nitrogens is 1. The van der Waals surface area contributed by atoms with Crippen molar-refractivity contribution in [2.45, 2.75) is 13.1 Å². The van der Waals surface area contributed by atoms with Crippen molar-refractivity contribution >= 4 is 12.0 Å². The van der Waals surface area contributed by atoms with E-state index in [0.29, 0.717) is 17.9 Å². The third-order valence-electron chi connectivity index (χ3n) is 2.50. The highest BCUT2D eigenvalue weighted by Crippen LogP contribution is 2.01. The van der Waals surface area contributed by atoms with Gasteiger partial charge in [0.25, 0.3) is 0 Å². The van der Waals surface area contributed by atoms with Gasteiger partial charge in [0.2, 0.25) is 0 Å². The SMILES string of the molecule is O=C(NCc1ccc(C(=O)O)nc1)NCc1ccco1. The number of amides is 2. The van der Waals surface area contributed by atoms with Crippen LogP contribution in [0.25, 0.3) is 0 Å². The second-order valence-electron chi connectivity index (χ2n) is 3.97. The van der Waals surface area contributed by atoms with Crippen molar-refractivity contribution in [2.24, 2.45) is 0 Å². The molecule has 7 nitrogen and oxygen atoms in total. The van der Waals surface area contributed by atoms with Crippen LogP contribution in [0.3, 0.4) is 0 Å². The molecule has 2 rings (SSSR count). The molecule has 7 heteroatoms. The maximum atomic E-state index is 11.5. The van der Waals surface area contributed by atoms with Crippen molar-refractivity contribution in [1.29, 1.82) is 0 Å². The number of nitrogens with zero attached hydrogens (tertiary/aromatic N) is 1. The molecule has 2 heterocycles. The Bertz CT molecular complexity index is 578. The fraction of sp³-hybridized carbons (Fsp3) is 0.154. The van der Waals surface area contributed by atoms with E-state index in [1.54, 1.807) is 18.2 Å². The molecule has 0 aliphatic rings. The van der Waals surface area contributed by atoms with Crippen LogP contribution in [0.4, 0.5) is 4.79 Å². The summed E-state index contributed by atoms with van der Waals surface area (Å²) in [5.74, 6) is -0.423. The van der Waals surface area contributed by atoms with E-state index in [4.69, 9.17) is 9.52 Å². The van der Waals surface area contributed by atoms with Crippen molar-refractivity contribution < 1.29 is 19.1 Å². The Kier molecular flexibility index (Phi) is 4.33. The van der Waals surface area contributed by atoms with E-state index in [2.05, 4.69) is 15.6 Å². The molecule has 0 bridgehead atoms. The third-order valence-corrected chi connectivity index (χ3v) is 2.50. The number of aromatic carboxylic acids is 1. The number of rotatable bonds is 5. The Hall–Kier alpha value is -2.83. The predicted octanol–water partition coefficient (Wildman–Crippen LogP) is 1.37. The van der Waals surface area contributed by atoms with E-state index in [9.17, 15) is 9.59 Å². The molecule has 2 amide bonds. The molecule has 104 valence electrons. The minimum absolute atomic E-state index is 0.0315. The summed E-state index contributed by atoms with van der Waals surface area (Å²) in [6, 6.07) is 6.15. The van der Waals surface area contributed by atoms with E-state index >= 15 is 0 Å².